The van der Waals surface area contributed by atoms with Gasteiger partial charge in [-0.2, -0.15) is 0 Å². The van der Waals surface area contributed by atoms with Gasteiger partial charge in [-0.25, -0.2) is 0 Å². The Balaban J connectivity index is 1.09. The van der Waals surface area contributed by atoms with Gasteiger partial charge in [0.1, 0.15) is 11.5 Å². The largest absolute Gasteiger partial charge is 0.482 e. The number of anilines is 2. The number of hydrogen-bond donors (Lipinski definition) is 2. The van der Waals surface area contributed by atoms with Crippen LogP contribution in [0.4, 0.5) is 11.4 Å². The summed E-state index contributed by atoms with van der Waals surface area (Å²) >= 11 is 14.3. The number of nitrogens with zero attached hydrogens (tertiary/aromatic N) is 2. The molecule has 0 saturated carbocycles. The smallest absolute Gasteiger partial charge is 0.265 e. The van der Waals surface area contributed by atoms with Gasteiger partial charge in [0.2, 0.25) is 0 Å². The van der Waals surface area contributed by atoms with E-state index >= 15 is 0 Å². The predicted molar refractivity (Wildman–Crippen MR) is 191 cm³/mol. The number of halogens is 2. The van der Waals surface area contributed by atoms with Crippen LogP contribution in [0.3, 0.4) is 0 Å². The molecule has 0 spiro atoms. The standard InChI is InChI=1S/C38H36Cl2N4O4/c39-37-27(23-11-13-31-33(17-23)47-21-35(45)43(31)19-25-5-3-15-41-25)7-1-9-29(37)30-10-2-8-28(38(30)40)24-12-14-32-34(18-24)48-22-36(46)44(32)20-26-6-4-16-42-26/h1-2,7-14,17-18,25-26,41-42H,3-6,15-16,19-22H2/t25-,26-/m1/s1. The zero-order chi connectivity index (χ0) is 32.8. The Morgan fingerprint density at radius 1 is 0.625 bits per heavy atom. The van der Waals surface area contributed by atoms with E-state index < -0.39 is 0 Å². The average molecular weight is 684 g/mol. The summed E-state index contributed by atoms with van der Waals surface area (Å²) in [5.41, 5.74) is 6.63. The fourth-order valence-electron chi connectivity index (χ4n) is 7.34. The monoisotopic (exact) mass is 682 g/mol. The molecule has 0 unspecified atom stereocenters. The summed E-state index contributed by atoms with van der Waals surface area (Å²) in [5.74, 6) is 1.27. The van der Waals surface area contributed by atoms with Crippen molar-refractivity contribution >= 4 is 46.4 Å². The molecule has 8 rings (SSSR count). The minimum Gasteiger partial charge on any atom is -0.482 e. The minimum atomic E-state index is -0.0313. The van der Waals surface area contributed by atoms with Crippen LogP contribution in [0.2, 0.25) is 10.0 Å². The Morgan fingerprint density at radius 2 is 1.06 bits per heavy atom. The number of benzene rings is 4. The topological polar surface area (TPSA) is 83.1 Å². The lowest BCUT2D eigenvalue weighted by molar-refractivity contribution is -0.122. The number of ether oxygens (including phenoxy) is 2. The van der Waals surface area contributed by atoms with Gasteiger partial charge in [0, 0.05) is 47.4 Å². The number of fused-ring (bicyclic) bond motifs is 2. The van der Waals surface area contributed by atoms with Crippen molar-refractivity contribution in [1.82, 2.24) is 10.6 Å². The molecule has 2 N–H and O–H groups in total. The molecule has 10 heteroatoms. The number of carbonyl (C=O) groups excluding carboxylic acids is 2. The van der Waals surface area contributed by atoms with Crippen LogP contribution in [0.15, 0.2) is 72.8 Å². The van der Waals surface area contributed by atoms with Crippen LogP contribution in [-0.4, -0.2) is 63.3 Å². The van der Waals surface area contributed by atoms with Crippen LogP contribution in [0, 0.1) is 0 Å². The van der Waals surface area contributed by atoms with Crippen molar-refractivity contribution in [2.75, 3.05) is 49.2 Å². The molecule has 4 aliphatic rings. The lowest BCUT2D eigenvalue weighted by atomic mass is 9.95. The van der Waals surface area contributed by atoms with E-state index in [-0.39, 0.29) is 37.1 Å². The third kappa shape index (κ3) is 5.81. The Bertz CT molecular complexity index is 1770. The Labute approximate surface area is 289 Å². The number of carbonyl (C=O) groups is 2. The van der Waals surface area contributed by atoms with Gasteiger partial charge in [-0.3, -0.25) is 9.59 Å². The van der Waals surface area contributed by atoms with Gasteiger partial charge in [-0.05, 0) is 74.2 Å². The summed E-state index contributed by atoms with van der Waals surface area (Å²) in [6.45, 7) is 3.25. The highest BCUT2D eigenvalue weighted by Gasteiger charge is 2.31. The molecule has 4 heterocycles. The third-order valence-electron chi connectivity index (χ3n) is 9.85. The van der Waals surface area contributed by atoms with E-state index in [1.54, 1.807) is 0 Å². The molecule has 0 aromatic heterocycles. The first kappa shape index (κ1) is 31.2. The molecular formula is C38H36Cl2N4O4. The molecule has 2 atom stereocenters. The van der Waals surface area contributed by atoms with E-state index in [1.165, 1.54) is 0 Å². The lowest BCUT2D eigenvalue weighted by Crippen LogP contribution is -2.45. The Hall–Kier alpha value is -4.08. The second kappa shape index (κ2) is 13.1. The number of hydrogen-bond acceptors (Lipinski definition) is 6. The van der Waals surface area contributed by atoms with E-state index in [1.807, 2.05) is 82.6 Å². The number of rotatable bonds is 7. The predicted octanol–water partition coefficient (Wildman–Crippen LogP) is 6.95. The van der Waals surface area contributed by atoms with Crippen molar-refractivity contribution in [3.63, 3.8) is 0 Å². The van der Waals surface area contributed by atoms with Gasteiger partial charge >= 0.3 is 0 Å². The molecule has 4 aromatic carbocycles. The maximum atomic E-state index is 12.8. The molecular weight excluding hydrogens is 647 g/mol. The third-order valence-corrected chi connectivity index (χ3v) is 10.7. The molecule has 2 fully saturated rings. The molecule has 0 radical (unpaired) electrons. The normalized spacial score (nSPS) is 20.4. The van der Waals surface area contributed by atoms with Gasteiger partial charge in [-0.1, -0.05) is 71.7 Å². The van der Waals surface area contributed by atoms with E-state index in [2.05, 4.69) is 10.6 Å². The van der Waals surface area contributed by atoms with E-state index in [4.69, 9.17) is 32.7 Å². The first-order valence-corrected chi connectivity index (χ1v) is 17.4. The minimum absolute atomic E-state index is 0.0130. The average Bonchev–Trinajstić information content (AvgIpc) is 3.82. The maximum Gasteiger partial charge on any atom is 0.265 e. The van der Waals surface area contributed by atoms with Gasteiger partial charge in [-0.15, -0.1) is 0 Å². The van der Waals surface area contributed by atoms with Crippen molar-refractivity contribution in [2.45, 2.75) is 37.8 Å². The van der Waals surface area contributed by atoms with Crippen LogP contribution in [0.1, 0.15) is 25.7 Å². The molecule has 8 nitrogen and oxygen atoms in total. The van der Waals surface area contributed by atoms with Crippen LogP contribution < -0.4 is 29.9 Å². The Morgan fingerprint density at radius 3 is 1.48 bits per heavy atom. The van der Waals surface area contributed by atoms with Gasteiger partial charge in [0.25, 0.3) is 11.8 Å². The van der Waals surface area contributed by atoms with Gasteiger partial charge in [0.05, 0.1) is 21.4 Å². The van der Waals surface area contributed by atoms with Crippen molar-refractivity contribution in [3.8, 4) is 44.9 Å². The SMILES string of the molecule is O=C1COc2cc(-c3cccc(-c4cccc(-c5ccc6c(c5)OCC(=O)N6C[C@H]5CCCN5)c4Cl)c3Cl)ccc2N1C[C@H]1CCCN1. The lowest BCUT2D eigenvalue weighted by Gasteiger charge is -2.31. The second-order valence-electron chi connectivity index (χ2n) is 12.9. The zero-order valence-electron chi connectivity index (χ0n) is 26.4. The first-order chi connectivity index (χ1) is 23.4. The summed E-state index contributed by atoms with van der Waals surface area (Å²) < 4.78 is 11.8. The summed E-state index contributed by atoms with van der Waals surface area (Å²) in [5, 5.41) is 8.10. The molecule has 2 saturated heterocycles. The molecule has 48 heavy (non-hydrogen) atoms. The van der Waals surface area contributed by atoms with Crippen LogP contribution in [-0.2, 0) is 9.59 Å². The highest BCUT2D eigenvalue weighted by atomic mass is 35.5. The van der Waals surface area contributed by atoms with Crippen molar-refractivity contribution in [2.24, 2.45) is 0 Å². The van der Waals surface area contributed by atoms with E-state index in [9.17, 15) is 9.59 Å². The Kier molecular flexibility index (Phi) is 8.51. The highest BCUT2D eigenvalue weighted by Crippen LogP contribution is 2.45. The molecule has 4 aliphatic heterocycles. The fourth-order valence-corrected chi connectivity index (χ4v) is 8.01. The van der Waals surface area contributed by atoms with Crippen LogP contribution in [0.5, 0.6) is 11.5 Å². The summed E-state index contributed by atoms with van der Waals surface area (Å²) in [7, 11) is 0. The van der Waals surface area contributed by atoms with E-state index in [0.717, 1.165) is 83.5 Å². The second-order valence-corrected chi connectivity index (χ2v) is 13.6. The van der Waals surface area contributed by atoms with Crippen LogP contribution >= 0.6 is 23.2 Å². The van der Waals surface area contributed by atoms with Gasteiger partial charge in [0.15, 0.2) is 13.2 Å². The molecule has 0 bridgehead atoms. The number of nitrogens with one attached hydrogen (secondary N) is 2. The first-order valence-electron chi connectivity index (χ1n) is 16.6. The van der Waals surface area contributed by atoms with Crippen molar-refractivity contribution in [3.05, 3.63) is 82.8 Å². The molecule has 2 amide bonds. The maximum absolute atomic E-state index is 12.8. The zero-order valence-corrected chi connectivity index (χ0v) is 27.9. The quantitative estimate of drug-likeness (QED) is 0.220. The number of amides is 2. The fraction of sp³-hybridized carbons (Fsp3) is 0.316. The van der Waals surface area contributed by atoms with E-state index in [0.29, 0.717) is 34.6 Å². The van der Waals surface area contributed by atoms with Crippen molar-refractivity contribution in [1.29, 1.82) is 0 Å². The summed E-state index contributed by atoms with van der Waals surface area (Å²) in [6, 6.07) is 24.2. The molecule has 4 aromatic rings. The van der Waals surface area contributed by atoms with Crippen molar-refractivity contribution < 1.29 is 19.1 Å². The summed E-state index contributed by atoms with van der Waals surface area (Å²) in [6.07, 6.45) is 4.36. The molecule has 0 aliphatic carbocycles. The summed E-state index contributed by atoms with van der Waals surface area (Å²) in [4.78, 5) is 29.3. The molecule has 246 valence electrons. The van der Waals surface area contributed by atoms with Gasteiger partial charge < -0.3 is 29.9 Å². The highest BCUT2D eigenvalue weighted by molar-refractivity contribution is 6.39. The van der Waals surface area contributed by atoms with Crippen LogP contribution in [0.25, 0.3) is 33.4 Å².